The van der Waals surface area contributed by atoms with E-state index < -0.39 is 0 Å². The molecule has 2 nitrogen and oxygen atoms in total. The van der Waals surface area contributed by atoms with Crippen LogP contribution in [0.5, 0.6) is 0 Å². The van der Waals surface area contributed by atoms with Gasteiger partial charge >= 0.3 is 0 Å². The van der Waals surface area contributed by atoms with Gasteiger partial charge in [-0.2, -0.15) is 0 Å². The van der Waals surface area contributed by atoms with E-state index >= 15 is 0 Å². The largest absolute Gasteiger partial charge is 0.334 e. The molecule has 8 aromatic carbocycles. The molecule has 1 heterocycles. The number of hydrogen-bond acceptors (Lipinski definition) is 3. The van der Waals surface area contributed by atoms with Crippen LogP contribution in [-0.2, 0) is 6.42 Å². The normalized spacial score (nSPS) is 19.9. The van der Waals surface area contributed by atoms with Crippen molar-refractivity contribution in [3.8, 4) is 0 Å². The lowest BCUT2D eigenvalue weighted by molar-refractivity contribution is 0.643. The lowest BCUT2D eigenvalue weighted by Gasteiger charge is -2.37. The monoisotopic (exact) mass is 854 g/mol. The first-order chi connectivity index (χ1) is 32.1. The standard InChI is InChI=1S/C62H50N2S/c1-39-14-13-23-51-49(39)32-28-43-27-30-48(36-56(43)51)64(45-18-7-4-8-19-45)59-38-60-58(34-40(59)2)61-53-22-12-11-21-52(53)57-37-47(31-33-54(57)62(61)65-60)63(44-16-5-3-6-17-44)46-29-26-42-25-24-41-15-9-10-20-50(41)55(42)35-46/h3-13,15-16,18-27,29-31,33-40,44,59H,14,17,28,32H2,1-2H3. The van der Waals surface area contributed by atoms with Gasteiger partial charge in [0.1, 0.15) is 0 Å². The molecular weight excluding hydrogens is 805 g/mol. The predicted octanol–water partition coefficient (Wildman–Crippen LogP) is 15.3. The first-order valence-corrected chi connectivity index (χ1v) is 24.4. The van der Waals surface area contributed by atoms with Gasteiger partial charge in [-0.15, -0.1) is 11.3 Å². The molecular formula is C62H50N2S. The first kappa shape index (κ1) is 38.5. The third-order valence-corrected chi connectivity index (χ3v) is 16.2. The van der Waals surface area contributed by atoms with Crippen molar-refractivity contribution in [2.75, 3.05) is 9.80 Å². The van der Waals surface area contributed by atoms with Crippen LogP contribution in [0, 0.1) is 11.8 Å². The van der Waals surface area contributed by atoms with Crippen LogP contribution in [0.4, 0.5) is 22.7 Å². The van der Waals surface area contributed by atoms with Gasteiger partial charge in [-0.25, -0.2) is 0 Å². The molecule has 314 valence electrons. The fraction of sp³-hybridized carbons (Fsp3) is 0.161. The first-order valence-electron chi connectivity index (χ1n) is 23.6. The van der Waals surface area contributed by atoms with E-state index in [9.17, 15) is 0 Å². The van der Waals surface area contributed by atoms with Gasteiger partial charge in [0.2, 0.25) is 0 Å². The number of benzene rings is 8. The fourth-order valence-electron chi connectivity index (χ4n) is 11.7. The summed E-state index contributed by atoms with van der Waals surface area (Å²) in [7, 11) is 0. The highest BCUT2D eigenvalue weighted by Crippen LogP contribution is 2.44. The Bertz CT molecular complexity index is 3680. The molecule has 4 atom stereocenters. The van der Waals surface area contributed by atoms with Gasteiger partial charge in [-0.3, -0.25) is 0 Å². The molecule has 0 saturated heterocycles. The highest BCUT2D eigenvalue weighted by atomic mass is 32.1. The van der Waals surface area contributed by atoms with Crippen LogP contribution in [0.25, 0.3) is 70.9 Å². The smallest absolute Gasteiger partial charge is 0.0599 e. The zero-order valence-corrected chi connectivity index (χ0v) is 37.7. The summed E-state index contributed by atoms with van der Waals surface area (Å²) in [5, 5.41) is 13.2. The minimum absolute atomic E-state index is 0.142. The van der Waals surface area contributed by atoms with Crippen molar-refractivity contribution in [1.82, 2.24) is 0 Å². The number of hydrogen-bond donors (Lipinski definition) is 0. The minimum Gasteiger partial charge on any atom is -0.334 e. The number of nitrogens with zero attached hydrogens (tertiary/aromatic N) is 2. The van der Waals surface area contributed by atoms with Gasteiger partial charge < -0.3 is 9.80 Å². The molecule has 0 amide bonds. The highest BCUT2D eigenvalue weighted by molar-refractivity contribution is 7.18. The molecule has 65 heavy (non-hydrogen) atoms. The summed E-state index contributed by atoms with van der Waals surface area (Å²) in [6, 6.07) is 55.4. The topological polar surface area (TPSA) is 6.48 Å². The third kappa shape index (κ3) is 6.27. The molecule has 4 unspecified atom stereocenters. The number of allylic oxidation sites excluding steroid dienone is 6. The Morgan fingerprint density at radius 3 is 2.11 bits per heavy atom. The minimum atomic E-state index is 0.142. The Balaban J connectivity index is 0.977. The van der Waals surface area contributed by atoms with E-state index in [4.69, 9.17) is 0 Å². The number of thiophene rings is 1. The summed E-state index contributed by atoms with van der Waals surface area (Å²) < 4.78 is 2.74. The molecule has 1 aromatic heterocycles. The van der Waals surface area contributed by atoms with E-state index in [1.807, 2.05) is 11.3 Å². The highest BCUT2D eigenvalue weighted by Gasteiger charge is 2.30. The van der Waals surface area contributed by atoms with Gasteiger partial charge in [0.25, 0.3) is 0 Å². The van der Waals surface area contributed by atoms with Crippen LogP contribution in [0.2, 0.25) is 0 Å². The summed E-state index contributed by atoms with van der Waals surface area (Å²) in [5.74, 6) is 0.877. The van der Waals surface area contributed by atoms with Crippen LogP contribution < -0.4 is 19.6 Å². The van der Waals surface area contributed by atoms with Gasteiger partial charge in [0, 0.05) is 42.8 Å². The van der Waals surface area contributed by atoms with Crippen molar-refractivity contribution in [2.45, 2.75) is 51.6 Å². The maximum absolute atomic E-state index is 2.61. The molecule has 0 N–H and O–H groups in total. The van der Waals surface area contributed by atoms with Crippen molar-refractivity contribution in [2.24, 2.45) is 11.8 Å². The summed E-state index contributed by atoms with van der Waals surface area (Å²) >= 11 is 1.97. The quantitative estimate of drug-likeness (QED) is 0.154. The number of para-hydroxylation sites is 1. The Hall–Kier alpha value is -6.94. The molecule has 4 aliphatic rings. The summed E-state index contributed by atoms with van der Waals surface area (Å²) in [5.41, 5.74) is 10.9. The van der Waals surface area contributed by atoms with Gasteiger partial charge in [-0.05, 0) is 152 Å². The summed E-state index contributed by atoms with van der Waals surface area (Å²) in [6.07, 6.45) is 23.4. The van der Waals surface area contributed by atoms with Crippen LogP contribution in [-0.4, -0.2) is 12.1 Å². The number of anilines is 4. The zero-order valence-electron chi connectivity index (χ0n) is 36.9. The van der Waals surface area contributed by atoms with Crippen molar-refractivity contribution >= 4 is 105 Å². The van der Waals surface area contributed by atoms with E-state index in [2.05, 4.69) is 218 Å². The third-order valence-electron chi connectivity index (χ3n) is 14.9. The van der Waals surface area contributed by atoms with E-state index in [-0.39, 0.29) is 18.0 Å². The van der Waals surface area contributed by atoms with E-state index in [0.717, 1.165) is 19.3 Å². The van der Waals surface area contributed by atoms with Crippen molar-refractivity contribution in [3.05, 3.63) is 208 Å². The van der Waals surface area contributed by atoms with Crippen molar-refractivity contribution in [3.63, 3.8) is 0 Å². The zero-order chi connectivity index (χ0) is 43.2. The maximum atomic E-state index is 2.61. The molecule has 0 saturated carbocycles. The second kappa shape index (κ2) is 15.4. The van der Waals surface area contributed by atoms with Gasteiger partial charge in [-0.1, -0.05) is 159 Å². The Morgan fingerprint density at radius 2 is 1.26 bits per heavy atom. The van der Waals surface area contributed by atoms with Crippen LogP contribution in [0.3, 0.4) is 0 Å². The van der Waals surface area contributed by atoms with Gasteiger partial charge in [0.05, 0.1) is 12.1 Å². The molecule has 3 heteroatoms. The van der Waals surface area contributed by atoms with Crippen molar-refractivity contribution < 1.29 is 0 Å². The van der Waals surface area contributed by atoms with E-state index in [1.54, 1.807) is 5.57 Å². The number of fused-ring (bicyclic) bond motifs is 13. The molecule has 0 bridgehead atoms. The van der Waals surface area contributed by atoms with E-state index in [1.165, 1.54) is 109 Å². The molecule has 9 aromatic rings. The average molecular weight is 855 g/mol. The lowest BCUT2D eigenvalue weighted by Crippen LogP contribution is -2.41. The predicted molar refractivity (Wildman–Crippen MR) is 281 cm³/mol. The van der Waals surface area contributed by atoms with Gasteiger partial charge in [0.15, 0.2) is 0 Å². The van der Waals surface area contributed by atoms with Crippen LogP contribution in [0.15, 0.2) is 188 Å². The SMILES string of the molecule is CC1CC=CC2=C1CCc1ccc(N(c3ccccc3)C3C=c4sc5c6ccc(N(c7ccc8ccc9ccccc9c8c7)C7C=CC=CC7)cc6c6ccccc6c5c4=CC3C)cc12. The summed E-state index contributed by atoms with van der Waals surface area (Å²) in [6.45, 7) is 4.82. The van der Waals surface area contributed by atoms with E-state index in [0.29, 0.717) is 5.92 Å². The van der Waals surface area contributed by atoms with Crippen LogP contribution in [0.1, 0.15) is 44.2 Å². The summed E-state index contributed by atoms with van der Waals surface area (Å²) in [4.78, 5) is 5.18. The lowest BCUT2D eigenvalue weighted by atomic mass is 9.77. The molecule has 0 fully saturated rings. The van der Waals surface area contributed by atoms with Crippen molar-refractivity contribution in [1.29, 1.82) is 0 Å². The second-order valence-electron chi connectivity index (χ2n) is 18.7. The number of aryl methyl sites for hydroxylation is 1. The number of rotatable bonds is 6. The molecule has 0 radical (unpaired) electrons. The molecule has 13 rings (SSSR count). The fourth-order valence-corrected chi connectivity index (χ4v) is 13.1. The molecule has 4 aliphatic carbocycles. The molecule has 0 aliphatic heterocycles. The Morgan fingerprint density at radius 1 is 0.538 bits per heavy atom. The molecule has 0 spiro atoms. The maximum Gasteiger partial charge on any atom is 0.0599 e. The van der Waals surface area contributed by atoms with Crippen LogP contribution >= 0.6 is 11.3 Å². The Labute approximate surface area is 384 Å². The second-order valence-corrected chi connectivity index (χ2v) is 19.8. The average Bonchev–Trinajstić information content (AvgIpc) is 3.73. The Kier molecular flexibility index (Phi) is 9.10.